The van der Waals surface area contributed by atoms with E-state index in [-0.39, 0.29) is 17.1 Å². The van der Waals surface area contributed by atoms with Crippen molar-refractivity contribution in [3.05, 3.63) is 46.0 Å². The smallest absolute Gasteiger partial charge is 0.0689 e. The van der Waals surface area contributed by atoms with Gasteiger partial charge in [-0.05, 0) is 0 Å². The third-order valence-electron chi connectivity index (χ3n) is 0. The van der Waals surface area contributed by atoms with Gasteiger partial charge >= 0.3 is 0 Å². The predicted octanol–water partition coefficient (Wildman–Crippen LogP) is -0.720. The molecule has 0 aromatic heterocycles. The van der Waals surface area contributed by atoms with Crippen molar-refractivity contribution < 1.29 is 32.3 Å². The van der Waals surface area contributed by atoms with Crippen molar-refractivity contribution in [3.8, 4) is 0 Å². The molecule has 0 spiro atoms. The third-order valence-corrected chi connectivity index (χ3v) is 0. The average Bonchev–Trinajstić information content (AvgIpc) is 1.54. The molecule has 0 atom stereocenters. The van der Waals surface area contributed by atoms with Gasteiger partial charge in [0, 0.05) is 17.1 Å². The van der Waals surface area contributed by atoms with Crippen LogP contribution in [0.1, 0.15) is 0 Å². The van der Waals surface area contributed by atoms with Gasteiger partial charge in [-0.1, -0.05) is 0 Å². The van der Waals surface area contributed by atoms with Gasteiger partial charge in [0.25, 0.3) is 0 Å². The van der Waals surface area contributed by atoms with Crippen molar-refractivity contribution >= 4 is 0 Å². The van der Waals surface area contributed by atoms with E-state index >= 15 is 0 Å². The van der Waals surface area contributed by atoms with Crippen LogP contribution in [0, 0.1) is 46.0 Å². The minimum atomic E-state index is -1.75. The van der Waals surface area contributed by atoms with Gasteiger partial charge in [0.15, 0.2) is 0 Å². The van der Waals surface area contributed by atoms with Crippen molar-refractivity contribution in [3.63, 3.8) is 0 Å². The van der Waals surface area contributed by atoms with Crippen LogP contribution in [0.2, 0.25) is 0 Å². The van der Waals surface area contributed by atoms with E-state index in [1.54, 1.807) is 0 Å². The molecule has 0 saturated heterocycles. The van der Waals surface area contributed by atoms with Crippen LogP contribution >= 0.6 is 0 Å². The summed E-state index contributed by atoms with van der Waals surface area (Å²) in [6, 6.07) is 0. The van der Waals surface area contributed by atoms with E-state index in [0.29, 0.717) is 0 Å². The van der Waals surface area contributed by atoms with Crippen LogP contribution in [0.4, 0.5) is 0 Å². The Labute approximate surface area is 79.2 Å². The van der Waals surface area contributed by atoms with Crippen molar-refractivity contribution in [1.82, 2.24) is 0 Å². The molecular weight excluding hydrogens is 250 g/mol. The first-order valence-electron chi connectivity index (χ1n) is 1.64. The summed E-state index contributed by atoms with van der Waals surface area (Å²) in [5, 5.41) is 44.2. The fraction of sp³-hybridized carbons (Fsp3) is 0. The number of hydrogen-bond acceptors (Lipinski definition) is 9. The molecule has 0 rings (SSSR count). The largest absolute Gasteiger partial charge is 0.356 e. The van der Waals surface area contributed by atoms with Crippen molar-refractivity contribution in [2.75, 3.05) is 0 Å². The van der Waals surface area contributed by atoms with Gasteiger partial charge in [0.2, 0.25) is 0 Å². The molecule has 0 bridgehead atoms. The van der Waals surface area contributed by atoms with Gasteiger partial charge in [-0.25, -0.2) is 0 Å². The maximum Gasteiger partial charge on any atom is 0.0689 e. The summed E-state index contributed by atoms with van der Waals surface area (Å²) in [7, 11) is 0. The molecule has 13 heteroatoms. The summed E-state index contributed by atoms with van der Waals surface area (Å²) in [6.45, 7) is 0. The first-order valence-corrected chi connectivity index (χ1v) is 1.64. The minimum Gasteiger partial charge on any atom is -0.356 e. The molecule has 12 nitrogen and oxygen atoms in total. The number of rotatable bonds is 0. The Bertz CT molecular complexity index is 112. The number of nitrogens with zero attached hydrogens (tertiary/aromatic N) is 3. The van der Waals surface area contributed by atoms with E-state index in [2.05, 4.69) is 0 Å². The van der Waals surface area contributed by atoms with Gasteiger partial charge in [-0.3, -0.25) is 0 Å². The van der Waals surface area contributed by atoms with Crippen molar-refractivity contribution in [2.24, 2.45) is 0 Å². The third kappa shape index (κ3) is 189. The topological polar surface area (TPSA) is 199 Å². The van der Waals surface area contributed by atoms with Crippen molar-refractivity contribution in [1.29, 1.82) is 0 Å². The first-order chi connectivity index (χ1) is 5.20. The van der Waals surface area contributed by atoms with Crippen LogP contribution in [0.25, 0.3) is 0 Å². The van der Waals surface area contributed by atoms with Crippen LogP contribution in [0.3, 0.4) is 0 Å². The van der Waals surface area contributed by atoms with E-state index in [1.807, 2.05) is 0 Å². The normalized spacial score (nSPS) is 5.54. The van der Waals surface area contributed by atoms with Crippen LogP contribution in [-0.2, 0) is 17.1 Å². The van der Waals surface area contributed by atoms with E-state index in [1.165, 1.54) is 0 Å². The predicted molar refractivity (Wildman–Crippen MR) is 31.1 cm³/mol. The molecule has 0 aliphatic carbocycles. The number of hydrogen-bond donors (Lipinski definition) is 0. The Balaban J connectivity index is -0.0000000450. The molecule has 1 radical (unpaired) electrons. The van der Waals surface area contributed by atoms with Crippen LogP contribution in [0.5, 0.6) is 0 Å². The fourth-order valence-electron chi connectivity index (χ4n) is 0. The summed E-state index contributed by atoms with van der Waals surface area (Å²) in [5.41, 5.74) is 0. The second-order valence-corrected chi connectivity index (χ2v) is 0.671. The molecular formula is CuN3O9-3. The molecule has 0 amide bonds. The summed E-state index contributed by atoms with van der Waals surface area (Å²) in [6.07, 6.45) is 0. The zero-order valence-corrected chi connectivity index (χ0v) is 6.26. The monoisotopic (exact) mass is 249 g/mol. The molecule has 0 aliphatic rings. The molecule has 0 heterocycles. The Morgan fingerprint density at radius 3 is 0.538 bits per heavy atom. The average molecular weight is 250 g/mol. The first kappa shape index (κ1) is 22.5. The Hall–Kier alpha value is -1.88. The summed E-state index contributed by atoms with van der Waals surface area (Å²) in [5.74, 6) is 0. The molecule has 0 unspecified atom stereocenters. The van der Waals surface area contributed by atoms with Gasteiger partial charge in [-0.15, -0.1) is 0 Å². The van der Waals surface area contributed by atoms with E-state index in [4.69, 9.17) is 46.0 Å². The summed E-state index contributed by atoms with van der Waals surface area (Å²) < 4.78 is 0. The maximum atomic E-state index is 8.25. The maximum absolute atomic E-state index is 8.25. The van der Waals surface area contributed by atoms with Crippen LogP contribution in [0.15, 0.2) is 0 Å². The van der Waals surface area contributed by atoms with E-state index in [0.717, 1.165) is 0 Å². The Kier molecular flexibility index (Phi) is 28.7. The Morgan fingerprint density at radius 1 is 0.538 bits per heavy atom. The van der Waals surface area contributed by atoms with Gasteiger partial charge < -0.3 is 46.0 Å². The zero-order chi connectivity index (χ0) is 10.7. The zero-order valence-electron chi connectivity index (χ0n) is 5.32. The minimum absolute atomic E-state index is 0. The van der Waals surface area contributed by atoms with Gasteiger partial charge in [-0.2, -0.15) is 0 Å². The fourth-order valence-corrected chi connectivity index (χ4v) is 0. The quantitative estimate of drug-likeness (QED) is 0.301. The molecule has 0 aliphatic heterocycles. The molecule has 0 fully saturated rings. The second-order valence-electron chi connectivity index (χ2n) is 0.671. The molecule has 0 N–H and O–H groups in total. The molecule has 0 aromatic rings. The van der Waals surface area contributed by atoms with E-state index < -0.39 is 15.3 Å². The van der Waals surface area contributed by atoms with E-state index in [9.17, 15) is 0 Å². The Morgan fingerprint density at radius 2 is 0.538 bits per heavy atom. The summed E-state index contributed by atoms with van der Waals surface area (Å²) in [4.78, 5) is 24.8. The van der Waals surface area contributed by atoms with Crippen LogP contribution < -0.4 is 0 Å². The summed E-state index contributed by atoms with van der Waals surface area (Å²) >= 11 is 0. The van der Waals surface area contributed by atoms with Crippen LogP contribution in [-0.4, -0.2) is 15.3 Å². The SMILES string of the molecule is O=[N+]([O-])[O-].O=[N+]([O-])[O-].O=[N+]([O-])[O-].[Cu]. The molecule has 13 heavy (non-hydrogen) atoms. The van der Waals surface area contributed by atoms with Gasteiger partial charge in [0.1, 0.15) is 0 Å². The molecule has 83 valence electrons. The standard InChI is InChI=1S/Cu.3NO3/c;3*2-1(3)4/q;3*-1. The molecule has 0 saturated carbocycles. The van der Waals surface area contributed by atoms with Crippen molar-refractivity contribution in [2.45, 2.75) is 0 Å². The van der Waals surface area contributed by atoms with Gasteiger partial charge in [0.05, 0.1) is 15.3 Å². The second kappa shape index (κ2) is 16.6. The molecule has 0 aromatic carbocycles.